The quantitative estimate of drug-likeness (QED) is 0.265. The summed E-state index contributed by atoms with van der Waals surface area (Å²) in [6.45, 7) is 1.59. The van der Waals surface area contributed by atoms with Gasteiger partial charge in [0, 0.05) is 12.4 Å². The maximum absolute atomic E-state index is 11.5. The molecule has 0 aliphatic carbocycles. The molecule has 0 saturated carbocycles. The van der Waals surface area contributed by atoms with E-state index in [9.17, 15) is 4.79 Å². The van der Waals surface area contributed by atoms with Crippen molar-refractivity contribution in [3.05, 3.63) is 24.3 Å². The molecule has 0 aromatic carbocycles. The highest BCUT2D eigenvalue weighted by Crippen LogP contribution is 1.91. The average Bonchev–Trinajstić information content (AvgIpc) is 2.29. The van der Waals surface area contributed by atoms with Crippen molar-refractivity contribution >= 4 is 11.7 Å². The largest absolute Gasteiger partial charge is 0.409 e. The van der Waals surface area contributed by atoms with Gasteiger partial charge in [0.2, 0.25) is 0 Å². The Bertz CT molecular complexity index is 365. The van der Waals surface area contributed by atoms with Crippen LogP contribution in [0.2, 0.25) is 0 Å². The van der Waals surface area contributed by atoms with Gasteiger partial charge in [-0.05, 0) is 6.92 Å². The summed E-state index contributed by atoms with van der Waals surface area (Å²) >= 11 is 0. The number of amides is 1. The second-order valence-electron chi connectivity index (χ2n) is 2.81. The van der Waals surface area contributed by atoms with Gasteiger partial charge in [0.25, 0.3) is 5.91 Å². The van der Waals surface area contributed by atoms with Crippen molar-refractivity contribution in [1.82, 2.24) is 15.3 Å². The standard InChI is InChI=1S/C8H11N5O2/c1-5(7(9)13-15)12-8(14)6-4-10-2-3-11-6/h2-5,15H,1H3,(H2,9,13)(H,12,14). The third-order valence-electron chi connectivity index (χ3n) is 1.70. The van der Waals surface area contributed by atoms with Crippen LogP contribution in [-0.4, -0.2) is 33.0 Å². The number of hydrogen-bond donors (Lipinski definition) is 3. The first kappa shape index (κ1) is 10.9. The van der Waals surface area contributed by atoms with Gasteiger partial charge in [0.15, 0.2) is 5.84 Å². The predicted molar refractivity (Wildman–Crippen MR) is 52.4 cm³/mol. The Morgan fingerprint density at radius 3 is 2.93 bits per heavy atom. The monoisotopic (exact) mass is 209 g/mol. The second-order valence-corrected chi connectivity index (χ2v) is 2.81. The van der Waals surface area contributed by atoms with E-state index >= 15 is 0 Å². The van der Waals surface area contributed by atoms with Crippen molar-refractivity contribution in [2.24, 2.45) is 10.9 Å². The van der Waals surface area contributed by atoms with Crippen molar-refractivity contribution < 1.29 is 10.0 Å². The van der Waals surface area contributed by atoms with Crippen LogP contribution >= 0.6 is 0 Å². The van der Waals surface area contributed by atoms with E-state index < -0.39 is 11.9 Å². The summed E-state index contributed by atoms with van der Waals surface area (Å²) in [6.07, 6.45) is 4.20. The van der Waals surface area contributed by atoms with Crippen LogP contribution in [-0.2, 0) is 0 Å². The summed E-state index contributed by atoms with van der Waals surface area (Å²) in [5, 5.41) is 13.6. The van der Waals surface area contributed by atoms with Gasteiger partial charge < -0.3 is 16.3 Å². The fourth-order valence-corrected chi connectivity index (χ4v) is 0.847. The van der Waals surface area contributed by atoms with Crippen molar-refractivity contribution in [3.8, 4) is 0 Å². The van der Waals surface area contributed by atoms with Crippen LogP contribution in [0.5, 0.6) is 0 Å². The SMILES string of the molecule is CC(NC(=O)c1cnccn1)C(N)=NO. The Labute approximate surface area is 86.0 Å². The zero-order valence-corrected chi connectivity index (χ0v) is 8.08. The van der Waals surface area contributed by atoms with Gasteiger partial charge in [-0.25, -0.2) is 4.98 Å². The summed E-state index contributed by atoms with van der Waals surface area (Å²) < 4.78 is 0. The predicted octanol–water partition coefficient (Wildman–Crippen LogP) is -0.659. The number of oxime groups is 1. The molecule has 15 heavy (non-hydrogen) atoms. The Kier molecular flexibility index (Phi) is 3.55. The maximum Gasteiger partial charge on any atom is 0.272 e. The first-order valence-corrected chi connectivity index (χ1v) is 4.19. The molecule has 0 saturated heterocycles. The highest BCUT2D eigenvalue weighted by Gasteiger charge is 2.13. The van der Waals surface area contributed by atoms with Crippen LogP contribution in [0.1, 0.15) is 17.4 Å². The molecule has 1 unspecified atom stereocenters. The lowest BCUT2D eigenvalue weighted by Crippen LogP contribution is -2.42. The number of nitrogens with one attached hydrogen (secondary N) is 1. The summed E-state index contributed by atoms with van der Waals surface area (Å²) in [4.78, 5) is 19.0. The lowest BCUT2D eigenvalue weighted by Gasteiger charge is -2.10. The zero-order valence-electron chi connectivity index (χ0n) is 8.08. The Hall–Kier alpha value is -2.18. The highest BCUT2D eigenvalue weighted by atomic mass is 16.4. The van der Waals surface area contributed by atoms with Crippen molar-refractivity contribution in [2.75, 3.05) is 0 Å². The summed E-state index contributed by atoms with van der Waals surface area (Å²) in [5.41, 5.74) is 5.47. The second kappa shape index (κ2) is 4.89. The molecule has 1 rings (SSSR count). The minimum atomic E-state index is -0.565. The number of aromatic nitrogens is 2. The number of nitrogens with two attached hydrogens (primary N) is 1. The van der Waals surface area contributed by atoms with E-state index in [4.69, 9.17) is 10.9 Å². The third kappa shape index (κ3) is 2.90. The molecule has 0 aliphatic rings. The molecule has 1 aromatic heterocycles. The van der Waals surface area contributed by atoms with E-state index in [1.54, 1.807) is 6.92 Å². The van der Waals surface area contributed by atoms with Crippen LogP contribution in [0.25, 0.3) is 0 Å². The average molecular weight is 209 g/mol. The van der Waals surface area contributed by atoms with Gasteiger partial charge in [-0.2, -0.15) is 0 Å². The zero-order chi connectivity index (χ0) is 11.3. The van der Waals surface area contributed by atoms with Crippen LogP contribution in [0.3, 0.4) is 0 Å². The van der Waals surface area contributed by atoms with Crippen LogP contribution in [0.15, 0.2) is 23.7 Å². The summed E-state index contributed by atoms with van der Waals surface area (Å²) in [7, 11) is 0. The molecule has 4 N–H and O–H groups in total. The molecule has 1 amide bonds. The molecule has 80 valence electrons. The lowest BCUT2D eigenvalue weighted by molar-refractivity contribution is 0.0943. The van der Waals surface area contributed by atoms with E-state index in [1.807, 2.05) is 0 Å². The molecule has 7 heteroatoms. The first-order valence-electron chi connectivity index (χ1n) is 4.19. The number of hydrogen-bond acceptors (Lipinski definition) is 5. The molecular formula is C8H11N5O2. The lowest BCUT2D eigenvalue weighted by atomic mass is 10.3. The minimum absolute atomic E-state index is 0.0766. The Morgan fingerprint density at radius 2 is 2.40 bits per heavy atom. The van der Waals surface area contributed by atoms with Gasteiger partial charge in [-0.3, -0.25) is 9.78 Å². The molecule has 0 fully saturated rings. The number of amidine groups is 1. The molecule has 1 aromatic rings. The van der Waals surface area contributed by atoms with Gasteiger partial charge in [0.1, 0.15) is 5.69 Å². The van der Waals surface area contributed by atoms with E-state index in [0.29, 0.717) is 0 Å². The summed E-state index contributed by atoms with van der Waals surface area (Å²) in [5.74, 6) is -0.505. The maximum atomic E-state index is 11.5. The van der Waals surface area contributed by atoms with E-state index in [-0.39, 0.29) is 11.5 Å². The molecule has 0 aliphatic heterocycles. The van der Waals surface area contributed by atoms with Gasteiger partial charge in [0.05, 0.1) is 12.2 Å². The fourth-order valence-electron chi connectivity index (χ4n) is 0.847. The number of carbonyl (C=O) groups excluding carboxylic acids is 1. The van der Waals surface area contributed by atoms with Gasteiger partial charge >= 0.3 is 0 Å². The molecule has 7 nitrogen and oxygen atoms in total. The number of rotatable bonds is 3. The van der Waals surface area contributed by atoms with E-state index in [2.05, 4.69) is 20.4 Å². The molecular weight excluding hydrogens is 198 g/mol. The first-order chi connectivity index (χ1) is 7.15. The molecule has 1 heterocycles. The van der Waals surface area contributed by atoms with Crippen molar-refractivity contribution in [1.29, 1.82) is 0 Å². The topological polar surface area (TPSA) is 113 Å². The third-order valence-corrected chi connectivity index (χ3v) is 1.70. The van der Waals surface area contributed by atoms with Crippen LogP contribution < -0.4 is 11.1 Å². The highest BCUT2D eigenvalue weighted by molar-refractivity contribution is 5.96. The summed E-state index contributed by atoms with van der Waals surface area (Å²) in [6, 6.07) is -0.565. The molecule has 1 atom stereocenters. The fraction of sp³-hybridized carbons (Fsp3) is 0.250. The van der Waals surface area contributed by atoms with Crippen LogP contribution in [0.4, 0.5) is 0 Å². The van der Waals surface area contributed by atoms with E-state index in [0.717, 1.165) is 0 Å². The normalized spacial score (nSPS) is 13.3. The molecule has 0 spiro atoms. The number of carbonyl (C=O) groups is 1. The Balaban J connectivity index is 2.65. The smallest absolute Gasteiger partial charge is 0.272 e. The number of nitrogens with zero attached hydrogens (tertiary/aromatic N) is 3. The van der Waals surface area contributed by atoms with Crippen molar-refractivity contribution in [3.63, 3.8) is 0 Å². The minimum Gasteiger partial charge on any atom is -0.409 e. The van der Waals surface area contributed by atoms with Crippen molar-refractivity contribution in [2.45, 2.75) is 13.0 Å². The van der Waals surface area contributed by atoms with Gasteiger partial charge in [-0.15, -0.1) is 0 Å². The molecule has 0 radical (unpaired) electrons. The molecule has 0 bridgehead atoms. The Morgan fingerprint density at radius 1 is 1.67 bits per heavy atom. The van der Waals surface area contributed by atoms with E-state index in [1.165, 1.54) is 18.6 Å². The van der Waals surface area contributed by atoms with Crippen LogP contribution in [0, 0.1) is 0 Å². The van der Waals surface area contributed by atoms with Gasteiger partial charge in [-0.1, -0.05) is 5.16 Å².